The largest absolute Gasteiger partial charge is 0.496 e. The van der Waals surface area contributed by atoms with E-state index in [0.29, 0.717) is 36.8 Å². The molecule has 0 saturated carbocycles. The van der Waals surface area contributed by atoms with E-state index in [4.69, 9.17) is 14.2 Å². The predicted octanol–water partition coefficient (Wildman–Crippen LogP) is 4.23. The van der Waals surface area contributed by atoms with E-state index in [9.17, 15) is 9.59 Å². The highest BCUT2D eigenvalue weighted by molar-refractivity contribution is 5.92. The van der Waals surface area contributed by atoms with E-state index in [1.54, 1.807) is 33.2 Å². The Morgan fingerprint density at radius 1 is 0.972 bits per heavy atom. The van der Waals surface area contributed by atoms with Gasteiger partial charge in [-0.2, -0.15) is 0 Å². The maximum absolute atomic E-state index is 13.1. The zero-order valence-corrected chi connectivity index (χ0v) is 21.2. The van der Waals surface area contributed by atoms with Crippen LogP contribution in [0, 0.1) is 0 Å². The van der Waals surface area contributed by atoms with Crippen LogP contribution in [0.3, 0.4) is 0 Å². The number of ether oxygens (including phenoxy) is 3. The maximum Gasteiger partial charge on any atom is 0.245 e. The van der Waals surface area contributed by atoms with E-state index in [-0.39, 0.29) is 18.2 Å². The molecule has 1 N–H and O–H groups in total. The molecule has 1 aliphatic rings. The summed E-state index contributed by atoms with van der Waals surface area (Å²) in [6, 6.07) is 16.9. The Hall–Kier alpha value is -4.00. The molecule has 0 unspecified atom stereocenters. The highest BCUT2D eigenvalue weighted by atomic mass is 16.5. The lowest BCUT2D eigenvalue weighted by molar-refractivity contribution is -0.135. The molecule has 0 spiro atoms. The summed E-state index contributed by atoms with van der Waals surface area (Å²) in [5.41, 5.74) is 2.85. The average molecular weight is 489 g/mol. The fourth-order valence-electron chi connectivity index (χ4n) is 4.67. The van der Waals surface area contributed by atoms with E-state index < -0.39 is 6.04 Å². The number of nitrogens with zero attached hydrogens (tertiary/aromatic N) is 1. The maximum atomic E-state index is 13.1. The topological polar surface area (TPSA) is 77.1 Å². The van der Waals surface area contributed by atoms with Crippen LogP contribution in [0.15, 0.2) is 60.7 Å². The third-order valence-corrected chi connectivity index (χ3v) is 6.54. The minimum atomic E-state index is -0.618. The molecule has 2 amide bonds. The Balaban J connectivity index is 1.41. The minimum Gasteiger partial charge on any atom is -0.496 e. The lowest BCUT2D eigenvalue weighted by Gasteiger charge is -2.30. The number of benzene rings is 3. The number of nitrogens with one attached hydrogen (secondary N) is 1. The SMILES string of the molecule is COc1cc(OC)c(C2=CCN(C(=O)[C@H](C)NC(=O)Cc3cccc4ccccc34)CC2)c(OC)c1. The molecule has 1 atom stereocenters. The van der Waals surface area contributed by atoms with Crippen LogP contribution >= 0.6 is 0 Å². The normalized spacial score (nSPS) is 14.1. The lowest BCUT2D eigenvalue weighted by atomic mass is 9.97. The number of fused-ring (bicyclic) bond motifs is 1. The first kappa shape index (κ1) is 25.1. The number of methoxy groups -OCH3 is 3. The van der Waals surface area contributed by atoms with Gasteiger partial charge in [0.2, 0.25) is 11.8 Å². The van der Waals surface area contributed by atoms with E-state index in [0.717, 1.165) is 27.5 Å². The molecular formula is C29H32N2O5. The monoisotopic (exact) mass is 488 g/mol. The predicted molar refractivity (Wildman–Crippen MR) is 141 cm³/mol. The molecule has 1 aliphatic heterocycles. The molecule has 0 radical (unpaired) electrons. The van der Waals surface area contributed by atoms with Crippen LogP contribution in [-0.2, 0) is 16.0 Å². The van der Waals surface area contributed by atoms with Gasteiger partial charge in [0, 0.05) is 25.2 Å². The molecule has 0 aliphatic carbocycles. The highest BCUT2D eigenvalue weighted by Gasteiger charge is 2.26. The minimum absolute atomic E-state index is 0.106. The van der Waals surface area contributed by atoms with Gasteiger partial charge in [0.25, 0.3) is 0 Å². The lowest BCUT2D eigenvalue weighted by Crippen LogP contribution is -2.48. The molecule has 0 saturated heterocycles. The van der Waals surface area contributed by atoms with Crippen LogP contribution in [0.5, 0.6) is 17.2 Å². The van der Waals surface area contributed by atoms with Gasteiger partial charge in [-0.3, -0.25) is 9.59 Å². The van der Waals surface area contributed by atoms with Gasteiger partial charge >= 0.3 is 0 Å². The van der Waals surface area contributed by atoms with Gasteiger partial charge in [0.1, 0.15) is 23.3 Å². The third-order valence-electron chi connectivity index (χ3n) is 6.54. The highest BCUT2D eigenvalue weighted by Crippen LogP contribution is 2.40. The number of hydrogen-bond acceptors (Lipinski definition) is 5. The average Bonchev–Trinajstić information content (AvgIpc) is 2.92. The Bertz CT molecular complexity index is 1270. The standard InChI is InChI=1S/C29H32N2O5/c1-19(30-27(32)16-22-10-7-9-20-8-5-6-11-24(20)22)29(33)31-14-12-21(13-15-31)28-25(35-3)17-23(34-2)18-26(28)36-4/h5-12,17-19H,13-16H2,1-4H3,(H,30,32)/t19-/m0/s1. The van der Waals surface area contributed by atoms with Gasteiger partial charge in [-0.05, 0) is 35.3 Å². The third kappa shape index (κ3) is 5.30. The summed E-state index contributed by atoms with van der Waals surface area (Å²) in [5, 5.41) is 5.02. The first-order chi connectivity index (χ1) is 17.4. The van der Waals surface area contributed by atoms with Crippen LogP contribution in [0.1, 0.15) is 24.5 Å². The number of hydrogen-bond donors (Lipinski definition) is 1. The molecule has 188 valence electrons. The van der Waals surface area contributed by atoms with Crippen LogP contribution in [0.4, 0.5) is 0 Å². The zero-order valence-electron chi connectivity index (χ0n) is 21.2. The second kappa shape index (κ2) is 11.2. The summed E-state index contributed by atoms with van der Waals surface area (Å²) in [5.74, 6) is 1.68. The van der Waals surface area contributed by atoms with Crippen molar-refractivity contribution >= 4 is 28.2 Å². The molecule has 0 aromatic heterocycles. The summed E-state index contributed by atoms with van der Waals surface area (Å²) in [6.45, 7) is 2.71. The summed E-state index contributed by atoms with van der Waals surface area (Å²) in [7, 11) is 4.82. The van der Waals surface area contributed by atoms with Gasteiger partial charge in [-0.25, -0.2) is 0 Å². The first-order valence-corrected chi connectivity index (χ1v) is 12.0. The number of carbonyl (C=O) groups is 2. The smallest absolute Gasteiger partial charge is 0.245 e. The van der Waals surface area contributed by atoms with Crippen LogP contribution in [0.25, 0.3) is 16.3 Å². The zero-order chi connectivity index (χ0) is 25.7. The number of amides is 2. The molecule has 0 bridgehead atoms. The van der Waals surface area contributed by atoms with Gasteiger partial charge in [-0.1, -0.05) is 48.5 Å². The van der Waals surface area contributed by atoms with Gasteiger partial charge in [0.15, 0.2) is 0 Å². The molecule has 0 fully saturated rings. The molecule has 4 rings (SSSR count). The number of rotatable bonds is 8. The first-order valence-electron chi connectivity index (χ1n) is 12.0. The molecule has 3 aromatic rings. The Morgan fingerprint density at radius 2 is 1.67 bits per heavy atom. The van der Waals surface area contributed by atoms with Gasteiger partial charge < -0.3 is 24.4 Å². The van der Waals surface area contributed by atoms with Crippen molar-refractivity contribution in [1.29, 1.82) is 0 Å². The molecule has 3 aromatic carbocycles. The van der Waals surface area contributed by atoms with E-state index >= 15 is 0 Å². The van der Waals surface area contributed by atoms with Crippen molar-refractivity contribution in [2.45, 2.75) is 25.8 Å². The summed E-state index contributed by atoms with van der Waals surface area (Å²) < 4.78 is 16.5. The van der Waals surface area contributed by atoms with Crippen LogP contribution < -0.4 is 19.5 Å². The fourth-order valence-corrected chi connectivity index (χ4v) is 4.67. The molecule has 7 heteroatoms. The van der Waals surface area contributed by atoms with E-state index in [1.165, 1.54) is 0 Å². The van der Waals surface area contributed by atoms with Crippen molar-refractivity contribution in [3.63, 3.8) is 0 Å². The van der Waals surface area contributed by atoms with Gasteiger partial charge in [-0.15, -0.1) is 0 Å². The quantitative estimate of drug-likeness (QED) is 0.514. The Morgan fingerprint density at radius 3 is 2.31 bits per heavy atom. The van der Waals surface area contributed by atoms with Crippen LogP contribution in [-0.4, -0.2) is 57.2 Å². The second-order valence-electron chi connectivity index (χ2n) is 8.77. The molecular weight excluding hydrogens is 456 g/mol. The van der Waals surface area contributed by atoms with Crippen molar-refractivity contribution in [2.24, 2.45) is 0 Å². The second-order valence-corrected chi connectivity index (χ2v) is 8.77. The summed E-state index contributed by atoms with van der Waals surface area (Å²) in [4.78, 5) is 27.6. The van der Waals surface area contributed by atoms with Crippen molar-refractivity contribution in [1.82, 2.24) is 10.2 Å². The summed E-state index contributed by atoms with van der Waals surface area (Å²) >= 11 is 0. The molecule has 1 heterocycles. The summed E-state index contributed by atoms with van der Waals surface area (Å²) in [6.07, 6.45) is 2.88. The van der Waals surface area contributed by atoms with Crippen molar-refractivity contribution in [2.75, 3.05) is 34.4 Å². The van der Waals surface area contributed by atoms with Crippen LogP contribution in [0.2, 0.25) is 0 Å². The number of carbonyl (C=O) groups excluding carboxylic acids is 2. The van der Waals surface area contributed by atoms with Crippen molar-refractivity contribution in [3.8, 4) is 17.2 Å². The Kier molecular flexibility index (Phi) is 7.78. The van der Waals surface area contributed by atoms with Gasteiger partial charge in [0.05, 0.1) is 33.3 Å². The Labute approximate surface area is 211 Å². The van der Waals surface area contributed by atoms with E-state index in [2.05, 4.69) is 5.32 Å². The van der Waals surface area contributed by atoms with E-state index in [1.807, 2.05) is 60.7 Å². The van der Waals surface area contributed by atoms with Crippen molar-refractivity contribution in [3.05, 3.63) is 71.8 Å². The van der Waals surface area contributed by atoms with Crippen molar-refractivity contribution < 1.29 is 23.8 Å². The molecule has 7 nitrogen and oxygen atoms in total. The molecule has 36 heavy (non-hydrogen) atoms. The fraction of sp³-hybridized carbons (Fsp3) is 0.310.